The van der Waals surface area contributed by atoms with Gasteiger partial charge in [-0.05, 0) is 49.2 Å². The van der Waals surface area contributed by atoms with Gasteiger partial charge in [-0.2, -0.15) is 0 Å². The third-order valence-corrected chi connectivity index (χ3v) is 4.72. The zero-order valence-electron chi connectivity index (χ0n) is 15.5. The summed E-state index contributed by atoms with van der Waals surface area (Å²) in [7, 11) is 1.65. The van der Waals surface area contributed by atoms with Crippen molar-refractivity contribution in [3.05, 3.63) is 60.4 Å². The first kappa shape index (κ1) is 17.8. The summed E-state index contributed by atoms with van der Waals surface area (Å²) in [4.78, 5) is 6.96. The molecule has 0 N–H and O–H groups in total. The van der Waals surface area contributed by atoms with Gasteiger partial charge in [0.25, 0.3) is 0 Å². The maximum atomic E-state index is 5.81. The van der Waals surface area contributed by atoms with Gasteiger partial charge in [-0.1, -0.05) is 0 Å². The fraction of sp³-hybridized carbons (Fsp3) is 0.381. The van der Waals surface area contributed by atoms with Crippen LogP contribution in [0.4, 0.5) is 0 Å². The van der Waals surface area contributed by atoms with Crippen LogP contribution in [-0.4, -0.2) is 36.2 Å². The van der Waals surface area contributed by atoms with Crippen LogP contribution in [-0.2, 0) is 17.8 Å². The van der Waals surface area contributed by atoms with E-state index in [0.29, 0.717) is 12.4 Å². The minimum Gasteiger partial charge on any atom is -0.497 e. The molecule has 142 valence electrons. The zero-order chi connectivity index (χ0) is 18.5. The second-order valence-corrected chi connectivity index (χ2v) is 6.76. The minimum atomic E-state index is 0.271. The standard InChI is InChI=1S/C21H24N2O4/c1-24-18-8-6-16(7-9-18)21-22-17(15-27-21)12-23(13-19-4-2-10-25-19)14-20-5-3-11-26-20/h2,4,6-10,15,20H,3,5,11-14H2,1H3. The highest BCUT2D eigenvalue weighted by molar-refractivity contribution is 5.54. The van der Waals surface area contributed by atoms with Gasteiger partial charge in [-0.15, -0.1) is 0 Å². The van der Waals surface area contributed by atoms with Crippen LogP contribution in [0.15, 0.2) is 57.8 Å². The first-order valence-electron chi connectivity index (χ1n) is 9.25. The Bertz CT molecular complexity index is 820. The fourth-order valence-electron chi connectivity index (χ4n) is 3.36. The van der Waals surface area contributed by atoms with Crippen molar-refractivity contribution in [3.63, 3.8) is 0 Å². The van der Waals surface area contributed by atoms with Gasteiger partial charge in [-0.3, -0.25) is 4.90 Å². The molecule has 3 heterocycles. The molecule has 0 bridgehead atoms. The van der Waals surface area contributed by atoms with E-state index < -0.39 is 0 Å². The summed E-state index contributed by atoms with van der Waals surface area (Å²) in [6.45, 7) is 3.11. The molecule has 6 nitrogen and oxygen atoms in total. The molecule has 1 fully saturated rings. The Kier molecular flexibility index (Phi) is 5.55. The second-order valence-electron chi connectivity index (χ2n) is 6.76. The van der Waals surface area contributed by atoms with Crippen molar-refractivity contribution >= 4 is 0 Å². The Morgan fingerprint density at radius 3 is 2.74 bits per heavy atom. The quantitative estimate of drug-likeness (QED) is 0.596. The van der Waals surface area contributed by atoms with Crippen molar-refractivity contribution in [2.45, 2.75) is 32.0 Å². The Hall–Kier alpha value is -2.57. The first-order valence-corrected chi connectivity index (χ1v) is 9.25. The molecule has 2 aromatic heterocycles. The Balaban J connectivity index is 1.45. The summed E-state index contributed by atoms with van der Waals surface area (Å²) >= 11 is 0. The van der Waals surface area contributed by atoms with Crippen molar-refractivity contribution in [2.24, 2.45) is 0 Å². The van der Waals surface area contributed by atoms with Gasteiger partial charge in [0, 0.05) is 25.3 Å². The number of hydrogen-bond acceptors (Lipinski definition) is 6. The predicted octanol–water partition coefficient (Wildman–Crippen LogP) is 4.12. The average molecular weight is 368 g/mol. The van der Waals surface area contributed by atoms with Gasteiger partial charge < -0.3 is 18.3 Å². The van der Waals surface area contributed by atoms with Crippen LogP contribution in [0.2, 0.25) is 0 Å². The smallest absolute Gasteiger partial charge is 0.226 e. The maximum Gasteiger partial charge on any atom is 0.226 e. The number of nitrogens with zero attached hydrogens (tertiary/aromatic N) is 2. The molecule has 0 radical (unpaired) electrons. The lowest BCUT2D eigenvalue weighted by molar-refractivity contribution is 0.0650. The van der Waals surface area contributed by atoms with E-state index in [1.54, 1.807) is 19.6 Å². The monoisotopic (exact) mass is 368 g/mol. The van der Waals surface area contributed by atoms with Gasteiger partial charge in [-0.25, -0.2) is 4.98 Å². The van der Waals surface area contributed by atoms with Crippen LogP contribution in [0.5, 0.6) is 5.75 Å². The summed E-state index contributed by atoms with van der Waals surface area (Å²) in [5.41, 5.74) is 1.82. The highest BCUT2D eigenvalue weighted by Gasteiger charge is 2.21. The number of benzene rings is 1. The van der Waals surface area contributed by atoms with E-state index in [0.717, 1.165) is 55.3 Å². The molecule has 1 aliphatic heterocycles. The molecule has 1 atom stereocenters. The minimum absolute atomic E-state index is 0.271. The van der Waals surface area contributed by atoms with Crippen LogP contribution in [0, 0.1) is 0 Å². The molecule has 4 rings (SSSR count). The highest BCUT2D eigenvalue weighted by Crippen LogP contribution is 2.23. The Morgan fingerprint density at radius 2 is 2.04 bits per heavy atom. The number of hydrogen-bond donors (Lipinski definition) is 0. The number of furan rings is 1. The first-order chi connectivity index (χ1) is 13.3. The second kappa shape index (κ2) is 8.41. The Labute approximate surface area is 158 Å². The van der Waals surface area contributed by atoms with Crippen molar-refractivity contribution in [1.29, 1.82) is 0 Å². The van der Waals surface area contributed by atoms with Crippen molar-refractivity contribution in [2.75, 3.05) is 20.3 Å². The summed E-state index contributed by atoms with van der Waals surface area (Å²) < 4.78 is 22.2. The molecule has 6 heteroatoms. The van der Waals surface area contributed by atoms with E-state index >= 15 is 0 Å². The van der Waals surface area contributed by atoms with E-state index in [9.17, 15) is 0 Å². The number of ether oxygens (including phenoxy) is 2. The third kappa shape index (κ3) is 4.59. The Morgan fingerprint density at radius 1 is 1.15 bits per heavy atom. The lowest BCUT2D eigenvalue weighted by Crippen LogP contribution is -2.31. The zero-order valence-corrected chi connectivity index (χ0v) is 15.5. The van der Waals surface area contributed by atoms with Crippen LogP contribution in [0.1, 0.15) is 24.3 Å². The van der Waals surface area contributed by atoms with E-state index in [4.69, 9.17) is 18.3 Å². The number of rotatable bonds is 8. The average Bonchev–Trinajstić information content (AvgIpc) is 3.45. The predicted molar refractivity (Wildman–Crippen MR) is 100 cm³/mol. The molecule has 27 heavy (non-hydrogen) atoms. The fourth-order valence-corrected chi connectivity index (χ4v) is 3.36. The number of aromatic nitrogens is 1. The van der Waals surface area contributed by atoms with Crippen molar-refractivity contribution in [3.8, 4) is 17.2 Å². The highest BCUT2D eigenvalue weighted by atomic mass is 16.5. The van der Waals surface area contributed by atoms with Gasteiger partial charge in [0.05, 0.1) is 31.7 Å². The molecule has 0 saturated carbocycles. The van der Waals surface area contributed by atoms with Crippen molar-refractivity contribution < 1.29 is 18.3 Å². The van der Waals surface area contributed by atoms with Crippen molar-refractivity contribution in [1.82, 2.24) is 9.88 Å². The molecular weight excluding hydrogens is 344 g/mol. The largest absolute Gasteiger partial charge is 0.497 e. The van der Waals surface area contributed by atoms with Crippen LogP contribution in [0.3, 0.4) is 0 Å². The van der Waals surface area contributed by atoms with Gasteiger partial charge >= 0.3 is 0 Å². The van der Waals surface area contributed by atoms with E-state index in [-0.39, 0.29) is 6.10 Å². The number of methoxy groups -OCH3 is 1. The lowest BCUT2D eigenvalue weighted by Gasteiger charge is -2.23. The summed E-state index contributed by atoms with van der Waals surface area (Å²) in [6.07, 6.45) is 5.93. The summed E-state index contributed by atoms with van der Waals surface area (Å²) in [5, 5.41) is 0. The van der Waals surface area contributed by atoms with Gasteiger partial charge in [0.1, 0.15) is 17.8 Å². The van der Waals surface area contributed by atoms with Gasteiger partial charge in [0.15, 0.2) is 0 Å². The summed E-state index contributed by atoms with van der Waals surface area (Å²) in [6, 6.07) is 11.6. The summed E-state index contributed by atoms with van der Waals surface area (Å²) in [5.74, 6) is 2.36. The molecular formula is C21H24N2O4. The lowest BCUT2D eigenvalue weighted by atomic mass is 10.2. The molecule has 1 aliphatic rings. The van der Waals surface area contributed by atoms with Crippen LogP contribution in [0.25, 0.3) is 11.5 Å². The SMILES string of the molecule is COc1ccc(-c2nc(CN(Cc3ccco3)CC3CCCO3)co2)cc1. The molecule has 0 aliphatic carbocycles. The molecule has 1 aromatic carbocycles. The van der Waals surface area contributed by atoms with E-state index in [2.05, 4.69) is 9.88 Å². The maximum absolute atomic E-state index is 5.81. The molecule has 0 amide bonds. The molecule has 3 aromatic rings. The van der Waals surface area contributed by atoms with Crippen LogP contribution >= 0.6 is 0 Å². The molecule has 1 unspecified atom stereocenters. The van der Waals surface area contributed by atoms with E-state index in [1.807, 2.05) is 36.4 Å². The topological polar surface area (TPSA) is 60.9 Å². The molecule has 0 spiro atoms. The van der Waals surface area contributed by atoms with Crippen LogP contribution < -0.4 is 4.74 Å². The third-order valence-electron chi connectivity index (χ3n) is 4.72. The number of oxazole rings is 1. The van der Waals surface area contributed by atoms with Gasteiger partial charge in [0.2, 0.25) is 5.89 Å². The molecule has 1 saturated heterocycles. The van der Waals surface area contributed by atoms with E-state index in [1.165, 1.54) is 0 Å². The normalized spacial score (nSPS) is 16.9.